The van der Waals surface area contributed by atoms with Gasteiger partial charge in [0.25, 0.3) is 0 Å². The van der Waals surface area contributed by atoms with Gasteiger partial charge in [0, 0.05) is 9.13 Å². The number of halogens is 1. The number of aryl methyl sites for hydroxylation is 1. The van der Waals surface area contributed by atoms with Gasteiger partial charge in [-0.05, 0) is 59.3 Å². The van der Waals surface area contributed by atoms with E-state index < -0.39 is 0 Å². The molecule has 0 unspecified atom stereocenters. The summed E-state index contributed by atoms with van der Waals surface area (Å²) >= 11 is 2.29. The molecule has 0 spiro atoms. The maximum Gasteiger partial charge on any atom is 0.227 e. The molecule has 17 heavy (non-hydrogen) atoms. The van der Waals surface area contributed by atoms with E-state index in [1.54, 1.807) is 0 Å². The molecule has 0 saturated heterocycles. The van der Waals surface area contributed by atoms with Crippen LogP contribution >= 0.6 is 22.6 Å². The van der Waals surface area contributed by atoms with Gasteiger partial charge in [-0.1, -0.05) is 18.2 Å². The molecule has 0 saturated carbocycles. The third kappa shape index (κ3) is 1.95. The van der Waals surface area contributed by atoms with Gasteiger partial charge in [0.15, 0.2) is 5.58 Å². The lowest BCUT2D eigenvalue weighted by Crippen LogP contribution is -1.77. The average molecular weight is 335 g/mol. The van der Waals surface area contributed by atoms with Crippen LogP contribution in [0.15, 0.2) is 46.9 Å². The largest absolute Gasteiger partial charge is 0.436 e. The lowest BCUT2D eigenvalue weighted by atomic mass is 10.2. The first kappa shape index (κ1) is 10.8. The molecule has 3 heteroatoms. The molecule has 1 aromatic heterocycles. The maximum absolute atomic E-state index is 5.83. The minimum Gasteiger partial charge on any atom is -0.436 e. The molecule has 3 aromatic rings. The van der Waals surface area contributed by atoms with Crippen molar-refractivity contribution in [3.05, 3.63) is 51.6 Å². The van der Waals surface area contributed by atoms with Gasteiger partial charge in [-0.25, -0.2) is 4.98 Å². The zero-order valence-electron chi connectivity index (χ0n) is 9.27. The van der Waals surface area contributed by atoms with Crippen LogP contribution in [-0.4, -0.2) is 4.98 Å². The average Bonchev–Trinajstić information content (AvgIpc) is 2.74. The summed E-state index contributed by atoms with van der Waals surface area (Å²) in [5.41, 5.74) is 3.93. The van der Waals surface area contributed by atoms with Gasteiger partial charge in [0.05, 0.1) is 0 Å². The van der Waals surface area contributed by atoms with Crippen LogP contribution in [0.3, 0.4) is 0 Å². The second-order valence-corrected chi connectivity index (χ2v) is 5.20. The van der Waals surface area contributed by atoms with E-state index >= 15 is 0 Å². The summed E-state index contributed by atoms with van der Waals surface area (Å²) in [5.74, 6) is 0.688. The van der Waals surface area contributed by atoms with E-state index in [2.05, 4.69) is 39.7 Å². The Morgan fingerprint density at radius 3 is 2.71 bits per heavy atom. The fraction of sp³-hybridized carbons (Fsp3) is 0.0714. The minimum atomic E-state index is 0.688. The van der Waals surface area contributed by atoms with Crippen LogP contribution in [0.5, 0.6) is 0 Å². The number of benzene rings is 2. The SMILES string of the molecule is Cc1cccc2nc(-c3cccc(I)c3)oc12. The summed E-state index contributed by atoms with van der Waals surface area (Å²) in [6.45, 7) is 2.03. The zero-order valence-corrected chi connectivity index (χ0v) is 11.4. The molecule has 0 bridgehead atoms. The van der Waals surface area contributed by atoms with Gasteiger partial charge in [-0.15, -0.1) is 0 Å². The Kier molecular flexibility index (Phi) is 2.63. The van der Waals surface area contributed by atoms with Crippen molar-refractivity contribution in [1.82, 2.24) is 4.98 Å². The number of hydrogen-bond acceptors (Lipinski definition) is 2. The molecule has 2 aromatic carbocycles. The summed E-state index contributed by atoms with van der Waals surface area (Å²) in [7, 11) is 0. The van der Waals surface area contributed by atoms with Gasteiger partial charge in [0.2, 0.25) is 5.89 Å². The van der Waals surface area contributed by atoms with E-state index in [0.717, 1.165) is 22.2 Å². The monoisotopic (exact) mass is 335 g/mol. The normalized spacial score (nSPS) is 10.9. The lowest BCUT2D eigenvalue weighted by Gasteiger charge is -1.95. The molecule has 0 fully saturated rings. The van der Waals surface area contributed by atoms with Crippen LogP contribution in [0, 0.1) is 10.5 Å². The number of aromatic nitrogens is 1. The van der Waals surface area contributed by atoms with Crippen molar-refractivity contribution in [1.29, 1.82) is 0 Å². The number of rotatable bonds is 1. The standard InChI is InChI=1S/C14H10INO/c1-9-4-2-7-12-13(9)17-14(16-12)10-5-3-6-11(15)8-10/h2-8H,1H3. The highest BCUT2D eigenvalue weighted by Gasteiger charge is 2.09. The van der Waals surface area contributed by atoms with E-state index in [0.29, 0.717) is 5.89 Å². The molecule has 2 nitrogen and oxygen atoms in total. The highest BCUT2D eigenvalue weighted by atomic mass is 127. The molecule has 0 radical (unpaired) electrons. The first-order chi connectivity index (χ1) is 8.24. The molecule has 0 N–H and O–H groups in total. The maximum atomic E-state index is 5.83. The summed E-state index contributed by atoms with van der Waals surface area (Å²) in [6.07, 6.45) is 0. The molecule has 0 amide bonds. The first-order valence-corrected chi connectivity index (χ1v) is 6.44. The van der Waals surface area contributed by atoms with Crippen molar-refractivity contribution in [2.45, 2.75) is 6.92 Å². The number of fused-ring (bicyclic) bond motifs is 1. The molecule has 0 aliphatic heterocycles. The molecule has 84 valence electrons. The second kappa shape index (κ2) is 4.14. The fourth-order valence-electron chi connectivity index (χ4n) is 1.83. The van der Waals surface area contributed by atoms with Gasteiger partial charge in [-0.3, -0.25) is 0 Å². The van der Waals surface area contributed by atoms with Crippen LogP contribution < -0.4 is 0 Å². The molecule has 3 rings (SSSR count). The summed E-state index contributed by atoms with van der Waals surface area (Å²) in [5, 5.41) is 0. The molecular weight excluding hydrogens is 325 g/mol. The Bertz CT molecular complexity index is 688. The fourth-order valence-corrected chi connectivity index (χ4v) is 2.37. The van der Waals surface area contributed by atoms with E-state index in [-0.39, 0.29) is 0 Å². The number of para-hydroxylation sites is 1. The Labute approximate surface area is 113 Å². The Balaban J connectivity index is 2.22. The third-order valence-corrected chi connectivity index (χ3v) is 3.35. The predicted octanol–water partition coefficient (Wildman–Crippen LogP) is 4.41. The Morgan fingerprint density at radius 2 is 1.94 bits per heavy atom. The minimum absolute atomic E-state index is 0.688. The van der Waals surface area contributed by atoms with Crippen LogP contribution in [-0.2, 0) is 0 Å². The van der Waals surface area contributed by atoms with Gasteiger partial charge < -0.3 is 4.42 Å². The Morgan fingerprint density at radius 1 is 1.12 bits per heavy atom. The van der Waals surface area contributed by atoms with Crippen LogP contribution in [0.1, 0.15) is 5.56 Å². The Hall–Kier alpha value is -1.36. The van der Waals surface area contributed by atoms with Crippen molar-refractivity contribution >= 4 is 33.7 Å². The molecule has 1 heterocycles. The molecular formula is C14H10INO. The quantitative estimate of drug-likeness (QED) is 0.616. The lowest BCUT2D eigenvalue weighted by molar-refractivity contribution is 0.617. The van der Waals surface area contributed by atoms with Gasteiger partial charge in [-0.2, -0.15) is 0 Å². The predicted molar refractivity (Wildman–Crippen MR) is 76.9 cm³/mol. The van der Waals surface area contributed by atoms with Crippen LogP contribution in [0.25, 0.3) is 22.6 Å². The van der Waals surface area contributed by atoms with Gasteiger partial charge >= 0.3 is 0 Å². The van der Waals surface area contributed by atoms with Crippen molar-refractivity contribution < 1.29 is 4.42 Å². The van der Waals surface area contributed by atoms with Gasteiger partial charge in [0.1, 0.15) is 5.52 Å². The summed E-state index contributed by atoms with van der Waals surface area (Å²) in [4.78, 5) is 4.51. The van der Waals surface area contributed by atoms with Crippen molar-refractivity contribution in [3.8, 4) is 11.5 Å². The number of oxazole rings is 1. The van der Waals surface area contributed by atoms with Crippen LogP contribution in [0.4, 0.5) is 0 Å². The molecule has 0 aliphatic carbocycles. The highest BCUT2D eigenvalue weighted by molar-refractivity contribution is 14.1. The van der Waals surface area contributed by atoms with Crippen molar-refractivity contribution in [2.75, 3.05) is 0 Å². The molecule has 0 atom stereocenters. The summed E-state index contributed by atoms with van der Waals surface area (Å²) < 4.78 is 7.01. The topological polar surface area (TPSA) is 26.0 Å². The zero-order chi connectivity index (χ0) is 11.8. The van der Waals surface area contributed by atoms with Crippen LogP contribution in [0.2, 0.25) is 0 Å². The molecule has 0 aliphatic rings. The van der Waals surface area contributed by atoms with E-state index in [9.17, 15) is 0 Å². The smallest absolute Gasteiger partial charge is 0.227 e. The van der Waals surface area contributed by atoms with Crippen molar-refractivity contribution in [3.63, 3.8) is 0 Å². The second-order valence-electron chi connectivity index (χ2n) is 3.95. The number of nitrogens with zero attached hydrogens (tertiary/aromatic N) is 1. The van der Waals surface area contributed by atoms with Crippen molar-refractivity contribution in [2.24, 2.45) is 0 Å². The third-order valence-electron chi connectivity index (χ3n) is 2.68. The number of hydrogen-bond donors (Lipinski definition) is 0. The highest BCUT2D eigenvalue weighted by Crippen LogP contribution is 2.26. The van der Waals surface area contributed by atoms with E-state index in [1.165, 1.54) is 3.57 Å². The van der Waals surface area contributed by atoms with E-state index in [4.69, 9.17) is 4.42 Å². The van der Waals surface area contributed by atoms with E-state index in [1.807, 2.05) is 37.3 Å². The summed E-state index contributed by atoms with van der Waals surface area (Å²) in [6, 6.07) is 14.2. The first-order valence-electron chi connectivity index (χ1n) is 5.36.